The van der Waals surface area contributed by atoms with Gasteiger partial charge in [0.2, 0.25) is 0 Å². The van der Waals surface area contributed by atoms with E-state index in [1.165, 1.54) is 24.3 Å². The fourth-order valence-corrected chi connectivity index (χ4v) is 5.41. The number of rotatable bonds is 9. The minimum Gasteiger partial charge on any atom is -0.350 e. The molecule has 2 unspecified atom stereocenters. The van der Waals surface area contributed by atoms with Crippen molar-refractivity contribution >= 4 is 16.0 Å². The number of nitrogens with zero attached hydrogens (tertiary/aromatic N) is 1. The lowest BCUT2D eigenvalue weighted by atomic mass is 9.92. The summed E-state index contributed by atoms with van der Waals surface area (Å²) in [5.74, 6) is -0.590. The molecule has 0 aromatic heterocycles. The third-order valence-electron chi connectivity index (χ3n) is 6.52. The van der Waals surface area contributed by atoms with Crippen LogP contribution in [0.3, 0.4) is 0 Å². The van der Waals surface area contributed by atoms with Gasteiger partial charge >= 0.3 is 0 Å². The van der Waals surface area contributed by atoms with Gasteiger partial charge in [0.05, 0.1) is 11.5 Å². The van der Waals surface area contributed by atoms with Crippen molar-refractivity contribution < 1.29 is 21.8 Å². The summed E-state index contributed by atoms with van der Waals surface area (Å²) in [4.78, 5) is 15.0. The predicted octanol–water partition coefficient (Wildman–Crippen LogP) is 4.55. The van der Waals surface area contributed by atoms with Crippen molar-refractivity contribution in [3.05, 3.63) is 101 Å². The van der Waals surface area contributed by atoms with Gasteiger partial charge in [-0.15, -0.1) is 0 Å². The number of carbonyl (C=O) groups excluding carboxylic acids is 1. The number of nitrogens with one attached hydrogen (secondary N) is 1. The van der Waals surface area contributed by atoms with Gasteiger partial charge in [0.1, 0.15) is 5.82 Å². The molecule has 0 bridgehead atoms. The number of carbonyl (C=O) groups is 1. The van der Waals surface area contributed by atoms with Crippen molar-refractivity contribution in [3.8, 4) is 0 Å². The number of benzene rings is 3. The van der Waals surface area contributed by atoms with Gasteiger partial charge in [0.15, 0.2) is 0 Å². The third-order valence-corrected chi connectivity index (χ3v) is 7.81. The van der Waals surface area contributed by atoms with E-state index in [0.29, 0.717) is 25.2 Å². The number of hydrogen-bond donors (Lipinski definition) is 1. The Hall–Kier alpha value is -3.07. The van der Waals surface area contributed by atoms with Crippen LogP contribution in [0.5, 0.6) is 0 Å². The van der Waals surface area contributed by atoms with E-state index in [1.807, 2.05) is 25.1 Å². The minimum atomic E-state index is -3.82. The van der Waals surface area contributed by atoms with Gasteiger partial charge in [0.25, 0.3) is 16.0 Å². The summed E-state index contributed by atoms with van der Waals surface area (Å²) in [5, 5.41) is 2.97. The van der Waals surface area contributed by atoms with Gasteiger partial charge in [-0.2, -0.15) is 8.42 Å². The molecule has 1 N–H and O–H groups in total. The molecule has 1 aliphatic rings. The Morgan fingerprint density at radius 1 is 1.00 bits per heavy atom. The van der Waals surface area contributed by atoms with Gasteiger partial charge in [-0.1, -0.05) is 48.0 Å². The molecule has 6 nitrogen and oxygen atoms in total. The van der Waals surface area contributed by atoms with Crippen LogP contribution in [-0.4, -0.2) is 45.0 Å². The molecule has 8 heteroatoms. The van der Waals surface area contributed by atoms with E-state index in [2.05, 4.69) is 22.3 Å². The molecule has 1 aliphatic heterocycles. The standard InChI is InChI=1S/C28H31FN2O4S/c1-21-7-15-27(16-8-21)36(33,34)35-20-23-9-14-26(31(19-23)18-22-5-3-2-4-6-22)17-30-28(32)24-10-12-25(29)13-11-24/h2-8,10-13,15-16,23,26H,9,14,17-20H2,1H3,(H,30,32). The van der Waals surface area contributed by atoms with Gasteiger partial charge in [-0.25, -0.2) is 4.39 Å². The summed E-state index contributed by atoms with van der Waals surface area (Å²) in [6.45, 7) is 3.78. The van der Waals surface area contributed by atoms with E-state index in [0.717, 1.165) is 24.0 Å². The maximum absolute atomic E-state index is 13.2. The smallest absolute Gasteiger partial charge is 0.296 e. The molecule has 1 fully saturated rings. The van der Waals surface area contributed by atoms with Crippen LogP contribution in [-0.2, 0) is 20.8 Å². The maximum Gasteiger partial charge on any atom is 0.296 e. The first-order chi connectivity index (χ1) is 17.3. The second-order valence-corrected chi connectivity index (χ2v) is 10.9. The lowest BCUT2D eigenvalue weighted by molar-refractivity contribution is 0.0711. The van der Waals surface area contributed by atoms with E-state index in [1.54, 1.807) is 24.3 Å². The highest BCUT2D eigenvalue weighted by atomic mass is 32.2. The Bertz CT molecular complexity index is 1250. The van der Waals surface area contributed by atoms with Crippen LogP contribution in [0.25, 0.3) is 0 Å². The average Bonchev–Trinajstić information content (AvgIpc) is 2.88. The molecular formula is C28H31FN2O4S. The van der Waals surface area contributed by atoms with Gasteiger partial charge < -0.3 is 5.32 Å². The van der Waals surface area contributed by atoms with Crippen LogP contribution in [0.15, 0.2) is 83.8 Å². The zero-order valence-corrected chi connectivity index (χ0v) is 21.1. The molecular weight excluding hydrogens is 479 g/mol. The molecule has 0 radical (unpaired) electrons. The first-order valence-corrected chi connectivity index (χ1v) is 13.5. The van der Waals surface area contributed by atoms with E-state index in [9.17, 15) is 17.6 Å². The van der Waals surface area contributed by atoms with Crippen molar-refractivity contribution in [2.75, 3.05) is 19.7 Å². The topological polar surface area (TPSA) is 75.7 Å². The van der Waals surface area contributed by atoms with Crippen molar-refractivity contribution in [1.29, 1.82) is 0 Å². The Morgan fingerprint density at radius 3 is 2.39 bits per heavy atom. The van der Waals surface area contributed by atoms with Crippen molar-refractivity contribution in [1.82, 2.24) is 10.2 Å². The van der Waals surface area contributed by atoms with Crippen LogP contribution >= 0.6 is 0 Å². The molecule has 0 spiro atoms. The summed E-state index contributed by atoms with van der Waals surface area (Å²) in [6, 6.07) is 22.2. The average molecular weight is 511 g/mol. The summed E-state index contributed by atoms with van der Waals surface area (Å²) in [6.07, 6.45) is 1.57. The Labute approximate surface area is 212 Å². The monoisotopic (exact) mass is 510 g/mol. The SMILES string of the molecule is Cc1ccc(S(=O)(=O)OCC2CCC(CNC(=O)c3ccc(F)cc3)N(Cc3ccccc3)C2)cc1. The van der Waals surface area contributed by atoms with Crippen LogP contribution in [0.4, 0.5) is 4.39 Å². The van der Waals surface area contributed by atoms with Crippen LogP contribution < -0.4 is 5.32 Å². The Balaban J connectivity index is 1.39. The number of likely N-dealkylation sites (tertiary alicyclic amines) is 1. The number of halogens is 1. The van der Waals surface area contributed by atoms with Crippen LogP contribution in [0.2, 0.25) is 0 Å². The summed E-state index contributed by atoms with van der Waals surface area (Å²) in [7, 11) is -3.82. The number of hydrogen-bond acceptors (Lipinski definition) is 5. The predicted molar refractivity (Wildman–Crippen MR) is 136 cm³/mol. The van der Waals surface area contributed by atoms with Crippen molar-refractivity contribution in [2.45, 2.75) is 37.2 Å². The molecule has 36 heavy (non-hydrogen) atoms. The molecule has 3 aromatic rings. The fraction of sp³-hybridized carbons (Fsp3) is 0.321. The molecule has 1 saturated heterocycles. The second-order valence-electron chi connectivity index (χ2n) is 9.28. The number of piperidine rings is 1. The molecule has 4 rings (SSSR count). The number of amides is 1. The van der Waals surface area contributed by atoms with Gasteiger partial charge in [0, 0.05) is 31.2 Å². The third kappa shape index (κ3) is 7.00. The zero-order chi connectivity index (χ0) is 25.5. The quantitative estimate of drug-likeness (QED) is 0.428. The molecule has 0 aliphatic carbocycles. The second kappa shape index (κ2) is 11.8. The highest BCUT2D eigenvalue weighted by Crippen LogP contribution is 2.25. The van der Waals surface area contributed by atoms with Gasteiger partial charge in [-0.05, 0) is 67.6 Å². The van der Waals surface area contributed by atoms with E-state index >= 15 is 0 Å². The maximum atomic E-state index is 13.2. The first-order valence-electron chi connectivity index (χ1n) is 12.1. The van der Waals surface area contributed by atoms with Crippen LogP contribution in [0.1, 0.15) is 34.3 Å². The van der Waals surface area contributed by atoms with E-state index < -0.39 is 10.1 Å². The van der Waals surface area contributed by atoms with Gasteiger partial charge in [-0.3, -0.25) is 13.9 Å². The van der Waals surface area contributed by atoms with E-state index in [-0.39, 0.29) is 35.2 Å². The summed E-state index contributed by atoms with van der Waals surface area (Å²) >= 11 is 0. The zero-order valence-electron chi connectivity index (χ0n) is 20.3. The fourth-order valence-electron chi connectivity index (χ4n) is 4.43. The molecule has 1 heterocycles. The summed E-state index contributed by atoms with van der Waals surface area (Å²) in [5.41, 5.74) is 2.53. The molecule has 2 atom stereocenters. The van der Waals surface area contributed by atoms with E-state index in [4.69, 9.17) is 4.18 Å². The van der Waals surface area contributed by atoms with Crippen LogP contribution in [0, 0.1) is 18.7 Å². The molecule has 1 amide bonds. The normalized spacial score (nSPS) is 18.6. The highest BCUT2D eigenvalue weighted by Gasteiger charge is 2.30. The Morgan fingerprint density at radius 2 is 1.69 bits per heavy atom. The summed E-state index contributed by atoms with van der Waals surface area (Å²) < 4.78 is 43.9. The molecule has 0 saturated carbocycles. The Kier molecular flexibility index (Phi) is 8.51. The molecule has 3 aromatic carbocycles. The van der Waals surface area contributed by atoms with Crippen molar-refractivity contribution in [2.24, 2.45) is 5.92 Å². The minimum absolute atomic E-state index is 0.0398. The molecule has 190 valence electrons. The number of aryl methyl sites for hydroxylation is 1. The largest absolute Gasteiger partial charge is 0.350 e. The lowest BCUT2D eigenvalue weighted by Crippen LogP contribution is -2.49. The highest BCUT2D eigenvalue weighted by molar-refractivity contribution is 7.86. The first kappa shape index (κ1) is 26.0. The van der Waals surface area contributed by atoms with Crippen molar-refractivity contribution in [3.63, 3.8) is 0 Å². The lowest BCUT2D eigenvalue weighted by Gasteiger charge is -2.39.